The Balaban J connectivity index is 1.21. The van der Waals surface area contributed by atoms with Crippen molar-refractivity contribution in [2.24, 2.45) is 0 Å². The van der Waals surface area contributed by atoms with Gasteiger partial charge in [-0.25, -0.2) is 15.0 Å². The van der Waals surface area contributed by atoms with Gasteiger partial charge in [-0.3, -0.25) is 0 Å². The lowest BCUT2D eigenvalue weighted by Crippen LogP contribution is -2.01. The highest BCUT2D eigenvalue weighted by atomic mass is 16.3. The van der Waals surface area contributed by atoms with Gasteiger partial charge in [0.05, 0.1) is 0 Å². The Labute approximate surface area is 282 Å². The van der Waals surface area contributed by atoms with Crippen molar-refractivity contribution in [2.45, 2.75) is 0 Å². The Hall–Kier alpha value is -6.65. The number of furan rings is 1. The van der Waals surface area contributed by atoms with Crippen LogP contribution in [0.1, 0.15) is 0 Å². The normalized spacial score (nSPS) is 11.7. The molecule has 8 aromatic carbocycles. The van der Waals surface area contributed by atoms with Gasteiger partial charge in [-0.05, 0) is 73.8 Å². The second-order valence-electron chi connectivity index (χ2n) is 12.4. The van der Waals surface area contributed by atoms with Gasteiger partial charge in [0.1, 0.15) is 11.2 Å². The third-order valence-electron chi connectivity index (χ3n) is 9.52. The van der Waals surface area contributed by atoms with Crippen LogP contribution >= 0.6 is 0 Å². The van der Waals surface area contributed by atoms with Crippen LogP contribution < -0.4 is 0 Å². The fourth-order valence-corrected chi connectivity index (χ4v) is 7.12. The maximum Gasteiger partial charge on any atom is 0.164 e. The van der Waals surface area contributed by atoms with Crippen molar-refractivity contribution in [3.05, 3.63) is 164 Å². The Morgan fingerprint density at radius 1 is 0.306 bits per heavy atom. The molecule has 0 spiro atoms. The fourth-order valence-electron chi connectivity index (χ4n) is 7.12. The first-order chi connectivity index (χ1) is 24.3. The minimum atomic E-state index is 0.610. The lowest BCUT2D eigenvalue weighted by atomic mass is 9.96. The molecule has 0 atom stereocenters. The lowest BCUT2D eigenvalue weighted by Gasteiger charge is -2.13. The summed E-state index contributed by atoms with van der Waals surface area (Å²) in [7, 11) is 0. The van der Waals surface area contributed by atoms with Crippen LogP contribution in [0.15, 0.2) is 168 Å². The molecule has 0 fully saturated rings. The highest BCUT2D eigenvalue weighted by Gasteiger charge is 2.17. The summed E-state index contributed by atoms with van der Waals surface area (Å²) in [6, 6.07) is 57.0. The van der Waals surface area contributed by atoms with E-state index in [0.29, 0.717) is 17.5 Å². The monoisotopic (exact) mass is 625 g/mol. The van der Waals surface area contributed by atoms with Gasteiger partial charge in [0.25, 0.3) is 0 Å². The number of para-hydroxylation sites is 1. The van der Waals surface area contributed by atoms with Crippen LogP contribution in [0.4, 0.5) is 0 Å². The molecule has 10 aromatic rings. The molecule has 0 bridgehead atoms. The minimum Gasteiger partial charge on any atom is -0.456 e. The van der Waals surface area contributed by atoms with Crippen molar-refractivity contribution >= 4 is 54.3 Å². The number of hydrogen-bond donors (Lipinski definition) is 0. The topological polar surface area (TPSA) is 51.8 Å². The summed E-state index contributed by atoms with van der Waals surface area (Å²) < 4.78 is 6.14. The Morgan fingerprint density at radius 2 is 0.857 bits per heavy atom. The second-order valence-corrected chi connectivity index (χ2v) is 12.4. The van der Waals surface area contributed by atoms with E-state index in [4.69, 9.17) is 19.4 Å². The van der Waals surface area contributed by atoms with Crippen molar-refractivity contribution in [1.29, 1.82) is 0 Å². The molecule has 0 N–H and O–H groups in total. The molecular formula is C45H27N3O. The molecule has 0 amide bonds. The number of rotatable bonds is 4. The summed E-state index contributed by atoms with van der Waals surface area (Å²) in [5, 5.41) is 9.36. The summed E-state index contributed by atoms with van der Waals surface area (Å²) in [6.45, 7) is 0. The largest absolute Gasteiger partial charge is 0.456 e. The van der Waals surface area contributed by atoms with E-state index in [9.17, 15) is 0 Å². The average Bonchev–Trinajstić information content (AvgIpc) is 3.55. The maximum absolute atomic E-state index is 6.14. The summed E-state index contributed by atoms with van der Waals surface area (Å²) in [5.74, 6) is 1.86. The van der Waals surface area contributed by atoms with Gasteiger partial charge in [-0.15, -0.1) is 0 Å². The van der Waals surface area contributed by atoms with Crippen molar-refractivity contribution in [3.8, 4) is 45.3 Å². The van der Waals surface area contributed by atoms with Crippen LogP contribution in [0.25, 0.3) is 99.5 Å². The quantitative estimate of drug-likeness (QED) is 0.183. The third-order valence-corrected chi connectivity index (χ3v) is 9.52. The average molecular weight is 626 g/mol. The van der Waals surface area contributed by atoms with Gasteiger partial charge in [0, 0.05) is 27.5 Å². The number of aromatic nitrogens is 3. The van der Waals surface area contributed by atoms with Gasteiger partial charge in [0.2, 0.25) is 0 Å². The van der Waals surface area contributed by atoms with E-state index in [1.165, 1.54) is 32.3 Å². The van der Waals surface area contributed by atoms with Crippen LogP contribution in [0, 0.1) is 0 Å². The molecule has 0 radical (unpaired) electrons. The van der Waals surface area contributed by atoms with E-state index in [-0.39, 0.29) is 0 Å². The van der Waals surface area contributed by atoms with E-state index in [2.05, 4.69) is 121 Å². The molecule has 0 aliphatic heterocycles. The maximum atomic E-state index is 6.14. The van der Waals surface area contributed by atoms with Crippen molar-refractivity contribution in [3.63, 3.8) is 0 Å². The van der Waals surface area contributed by atoms with Gasteiger partial charge >= 0.3 is 0 Å². The molecule has 4 nitrogen and oxygen atoms in total. The number of nitrogens with zero attached hydrogens (tertiary/aromatic N) is 3. The zero-order valence-electron chi connectivity index (χ0n) is 26.3. The molecule has 10 rings (SSSR count). The summed E-state index contributed by atoms with van der Waals surface area (Å²) >= 11 is 0. The van der Waals surface area contributed by atoms with Crippen molar-refractivity contribution in [2.75, 3.05) is 0 Å². The van der Waals surface area contributed by atoms with Gasteiger partial charge in [-0.2, -0.15) is 0 Å². The Kier molecular flexibility index (Phi) is 6.15. The molecular weight excluding hydrogens is 599 g/mol. The third kappa shape index (κ3) is 4.57. The number of benzene rings is 8. The summed E-state index contributed by atoms with van der Waals surface area (Å²) in [4.78, 5) is 15.5. The zero-order valence-corrected chi connectivity index (χ0v) is 26.3. The lowest BCUT2D eigenvalue weighted by molar-refractivity contribution is 0.669. The molecule has 2 heterocycles. The molecule has 0 aliphatic carbocycles. The Morgan fingerprint density at radius 3 is 1.67 bits per heavy atom. The van der Waals surface area contributed by atoms with E-state index in [1.54, 1.807) is 0 Å². The molecule has 0 aliphatic rings. The smallest absolute Gasteiger partial charge is 0.164 e. The molecule has 0 saturated carbocycles. The van der Waals surface area contributed by atoms with Crippen LogP contribution in [0.5, 0.6) is 0 Å². The van der Waals surface area contributed by atoms with E-state index < -0.39 is 0 Å². The van der Waals surface area contributed by atoms with Crippen LogP contribution in [-0.4, -0.2) is 15.0 Å². The molecule has 228 valence electrons. The molecule has 0 saturated heterocycles. The van der Waals surface area contributed by atoms with Crippen LogP contribution in [0.3, 0.4) is 0 Å². The molecule has 2 aromatic heterocycles. The molecule has 0 unspecified atom stereocenters. The molecule has 4 heteroatoms. The summed E-state index contributed by atoms with van der Waals surface area (Å²) in [5.41, 5.74) is 6.66. The minimum absolute atomic E-state index is 0.610. The van der Waals surface area contributed by atoms with E-state index in [1.807, 2.05) is 42.5 Å². The SMILES string of the molecule is c1ccc(-c2ccccc2-c2nc(-c3ccc4ccc5c6ccccc6ccc5c4c3)nc(-c3ccc4oc5ccccc5c4c3)n2)cc1. The van der Waals surface area contributed by atoms with Crippen LogP contribution in [0.2, 0.25) is 0 Å². The highest BCUT2D eigenvalue weighted by molar-refractivity contribution is 6.17. The molecule has 49 heavy (non-hydrogen) atoms. The van der Waals surface area contributed by atoms with E-state index in [0.717, 1.165) is 49.8 Å². The predicted molar refractivity (Wildman–Crippen MR) is 201 cm³/mol. The first-order valence-corrected chi connectivity index (χ1v) is 16.4. The fraction of sp³-hybridized carbons (Fsp3) is 0. The standard InChI is InChI=1S/C45H27N3O/c1-2-10-28(11-3-1)34-14-6-7-16-38(34)45-47-43(46-44(48-45)32-22-25-42-40(27-32)37-15-8-9-17-41(37)49-42)31-19-18-30-21-23-35-33-13-5-4-12-29(33)20-24-36(35)39(30)26-31/h1-27H. The van der Waals surface area contributed by atoms with Gasteiger partial charge in [-0.1, -0.05) is 133 Å². The van der Waals surface area contributed by atoms with Crippen molar-refractivity contribution < 1.29 is 4.42 Å². The van der Waals surface area contributed by atoms with E-state index >= 15 is 0 Å². The predicted octanol–water partition coefficient (Wildman–Crippen LogP) is 11.9. The second kappa shape index (κ2) is 11.0. The highest BCUT2D eigenvalue weighted by Crippen LogP contribution is 2.37. The van der Waals surface area contributed by atoms with Crippen molar-refractivity contribution in [1.82, 2.24) is 15.0 Å². The first-order valence-electron chi connectivity index (χ1n) is 16.4. The zero-order chi connectivity index (χ0) is 32.3. The summed E-state index contributed by atoms with van der Waals surface area (Å²) in [6.07, 6.45) is 0. The Bertz CT molecular complexity index is 2890. The van der Waals surface area contributed by atoms with Gasteiger partial charge in [0.15, 0.2) is 17.5 Å². The first kappa shape index (κ1) is 27.5. The van der Waals surface area contributed by atoms with Gasteiger partial charge < -0.3 is 4.42 Å². The number of hydrogen-bond acceptors (Lipinski definition) is 4. The van der Waals surface area contributed by atoms with Crippen LogP contribution in [-0.2, 0) is 0 Å². The number of fused-ring (bicyclic) bond motifs is 8.